The first-order valence-electron chi connectivity index (χ1n) is 4.29. The normalized spacial score (nSPS) is 17.5. The maximum Gasteiger partial charge on any atom is 0.138 e. The van der Waals surface area contributed by atoms with Gasteiger partial charge in [0.2, 0.25) is 0 Å². The molecule has 0 radical (unpaired) electrons. The Morgan fingerprint density at radius 2 is 2.14 bits per heavy atom. The Hall–Kier alpha value is -1.05. The minimum absolute atomic E-state index is 0.0238. The zero-order valence-electron chi connectivity index (χ0n) is 7.42. The molecule has 0 bridgehead atoms. The smallest absolute Gasteiger partial charge is 0.138 e. The molecule has 0 amide bonds. The number of rotatable bonds is 1. The van der Waals surface area contributed by atoms with Crippen LogP contribution in [0.3, 0.4) is 0 Å². The molecule has 0 spiro atoms. The van der Waals surface area contributed by atoms with E-state index in [-0.39, 0.29) is 11.3 Å². The van der Waals surface area contributed by atoms with Crippen LogP contribution in [0, 0.1) is 11.3 Å². The Labute approximate surface area is 90.3 Å². The molecule has 0 atom stereocenters. The molecule has 2 rings (SSSR count). The predicted octanol–water partition coefficient (Wildman–Crippen LogP) is 1.97. The molecule has 1 fully saturated rings. The van der Waals surface area contributed by atoms with Crippen LogP contribution in [-0.2, 0) is 5.54 Å². The quantitative estimate of drug-likeness (QED) is 0.803. The number of hydrogen-bond donors (Lipinski definition) is 2. The van der Waals surface area contributed by atoms with Gasteiger partial charge in [0, 0.05) is 15.6 Å². The summed E-state index contributed by atoms with van der Waals surface area (Å²) in [7, 11) is 0. The van der Waals surface area contributed by atoms with Crippen molar-refractivity contribution in [2.24, 2.45) is 5.73 Å². The van der Waals surface area contributed by atoms with E-state index in [0.29, 0.717) is 5.56 Å². The Morgan fingerprint density at radius 1 is 1.50 bits per heavy atom. The van der Waals surface area contributed by atoms with Crippen LogP contribution in [0.5, 0.6) is 5.75 Å². The molecule has 1 saturated carbocycles. The topological polar surface area (TPSA) is 70.0 Å². The summed E-state index contributed by atoms with van der Waals surface area (Å²) in [5.41, 5.74) is 6.49. The van der Waals surface area contributed by atoms with Crippen molar-refractivity contribution in [3.8, 4) is 11.8 Å². The van der Waals surface area contributed by atoms with Crippen molar-refractivity contribution in [1.82, 2.24) is 0 Å². The van der Waals surface area contributed by atoms with Crippen molar-refractivity contribution in [2.45, 2.75) is 18.4 Å². The summed E-state index contributed by atoms with van der Waals surface area (Å²) in [6, 6.07) is 5.31. The lowest BCUT2D eigenvalue weighted by atomic mass is 10.0. The van der Waals surface area contributed by atoms with Gasteiger partial charge in [0.05, 0.1) is 5.56 Å². The number of phenols is 1. The first-order valence-corrected chi connectivity index (χ1v) is 5.08. The van der Waals surface area contributed by atoms with Gasteiger partial charge in [-0.2, -0.15) is 5.26 Å². The summed E-state index contributed by atoms with van der Waals surface area (Å²) in [6.07, 6.45) is 1.73. The molecule has 0 aliphatic heterocycles. The highest BCUT2D eigenvalue weighted by Gasteiger charge is 2.42. The molecule has 14 heavy (non-hydrogen) atoms. The van der Waals surface area contributed by atoms with Gasteiger partial charge in [-0.1, -0.05) is 15.9 Å². The molecule has 3 N–H and O–H groups in total. The van der Waals surface area contributed by atoms with Gasteiger partial charge in [0.15, 0.2) is 0 Å². The molecule has 72 valence electrons. The van der Waals surface area contributed by atoms with Gasteiger partial charge in [-0.25, -0.2) is 0 Å². The van der Waals surface area contributed by atoms with E-state index < -0.39 is 5.54 Å². The van der Waals surface area contributed by atoms with Crippen molar-refractivity contribution in [3.63, 3.8) is 0 Å². The van der Waals surface area contributed by atoms with Gasteiger partial charge >= 0.3 is 0 Å². The van der Waals surface area contributed by atoms with Crippen LogP contribution < -0.4 is 5.73 Å². The number of nitrogens with zero attached hydrogens (tertiary/aromatic N) is 1. The van der Waals surface area contributed by atoms with E-state index in [1.165, 1.54) is 0 Å². The lowest BCUT2D eigenvalue weighted by Crippen LogP contribution is -2.19. The largest absolute Gasteiger partial charge is 0.506 e. The molecular weight excluding hydrogens is 244 g/mol. The fourth-order valence-electron chi connectivity index (χ4n) is 1.47. The number of hydrogen-bond acceptors (Lipinski definition) is 3. The second-order valence-corrected chi connectivity index (χ2v) is 4.53. The highest BCUT2D eigenvalue weighted by atomic mass is 79.9. The van der Waals surface area contributed by atoms with Crippen LogP contribution >= 0.6 is 15.9 Å². The van der Waals surface area contributed by atoms with Crippen LogP contribution in [0.25, 0.3) is 0 Å². The van der Waals surface area contributed by atoms with Crippen LogP contribution in [0.4, 0.5) is 0 Å². The first kappa shape index (κ1) is 9.50. The Bertz CT molecular complexity index is 432. The van der Waals surface area contributed by atoms with Gasteiger partial charge in [-0.15, -0.1) is 0 Å². The Morgan fingerprint density at radius 3 is 2.64 bits per heavy atom. The molecule has 1 aliphatic carbocycles. The molecule has 3 nitrogen and oxygen atoms in total. The van der Waals surface area contributed by atoms with Crippen molar-refractivity contribution in [3.05, 3.63) is 27.7 Å². The number of nitrogens with two attached hydrogens (primary N) is 1. The summed E-state index contributed by atoms with van der Waals surface area (Å²) in [5.74, 6) is 0.0238. The highest BCUT2D eigenvalue weighted by Crippen LogP contribution is 2.47. The maximum atomic E-state index is 9.77. The fourth-order valence-corrected chi connectivity index (χ4v) is 1.93. The van der Waals surface area contributed by atoms with E-state index in [0.717, 1.165) is 17.3 Å². The zero-order valence-corrected chi connectivity index (χ0v) is 9.00. The minimum Gasteiger partial charge on any atom is -0.506 e. The Balaban J connectivity index is 2.61. The summed E-state index contributed by atoms with van der Waals surface area (Å²) in [4.78, 5) is 0. The lowest BCUT2D eigenvalue weighted by Gasteiger charge is -2.12. The van der Waals surface area contributed by atoms with Gasteiger partial charge in [0.25, 0.3) is 0 Å². The lowest BCUT2D eigenvalue weighted by molar-refractivity contribution is 0.458. The fraction of sp³-hybridized carbons (Fsp3) is 0.300. The van der Waals surface area contributed by atoms with Gasteiger partial charge in [-0.05, 0) is 25.0 Å². The molecule has 0 unspecified atom stereocenters. The molecule has 1 aromatic carbocycles. The summed E-state index contributed by atoms with van der Waals surface area (Å²) < 4.78 is 0.776. The van der Waals surface area contributed by atoms with E-state index in [4.69, 9.17) is 11.0 Å². The molecule has 1 aliphatic rings. The first-order chi connectivity index (χ1) is 6.57. The number of nitriles is 1. The van der Waals surface area contributed by atoms with Crippen molar-refractivity contribution in [2.75, 3.05) is 0 Å². The third kappa shape index (κ3) is 1.39. The second kappa shape index (κ2) is 2.97. The molecule has 0 saturated heterocycles. The van der Waals surface area contributed by atoms with Gasteiger partial charge < -0.3 is 10.8 Å². The second-order valence-electron chi connectivity index (χ2n) is 3.62. The minimum atomic E-state index is -0.417. The van der Waals surface area contributed by atoms with E-state index in [1.54, 1.807) is 12.1 Å². The summed E-state index contributed by atoms with van der Waals surface area (Å²) >= 11 is 3.29. The summed E-state index contributed by atoms with van der Waals surface area (Å²) in [5, 5.41) is 18.5. The van der Waals surface area contributed by atoms with Crippen molar-refractivity contribution < 1.29 is 5.11 Å². The van der Waals surface area contributed by atoms with Crippen molar-refractivity contribution in [1.29, 1.82) is 5.26 Å². The monoisotopic (exact) mass is 252 g/mol. The number of benzene rings is 1. The van der Waals surface area contributed by atoms with E-state index >= 15 is 0 Å². The maximum absolute atomic E-state index is 9.77. The number of halogens is 1. The van der Waals surface area contributed by atoms with Crippen LogP contribution in [-0.4, -0.2) is 5.11 Å². The van der Waals surface area contributed by atoms with Gasteiger partial charge in [0.1, 0.15) is 11.8 Å². The van der Waals surface area contributed by atoms with Gasteiger partial charge in [-0.3, -0.25) is 0 Å². The molecular formula is C10H9BrN2O. The molecule has 4 heteroatoms. The van der Waals surface area contributed by atoms with Crippen LogP contribution in [0.2, 0.25) is 0 Å². The van der Waals surface area contributed by atoms with E-state index in [1.807, 2.05) is 6.07 Å². The molecule has 0 heterocycles. The predicted molar refractivity (Wildman–Crippen MR) is 55.6 cm³/mol. The SMILES string of the molecule is N#Cc1cc(Br)cc(C2(N)CC2)c1O. The standard InChI is InChI=1S/C10H9BrN2O/c11-7-3-6(5-12)9(14)8(4-7)10(13)1-2-10/h3-4,14H,1-2,13H2. The highest BCUT2D eigenvalue weighted by molar-refractivity contribution is 9.10. The van der Waals surface area contributed by atoms with E-state index in [2.05, 4.69) is 15.9 Å². The average molecular weight is 253 g/mol. The zero-order chi connectivity index (χ0) is 10.3. The number of aromatic hydroxyl groups is 1. The third-order valence-corrected chi connectivity index (χ3v) is 2.98. The Kier molecular flexibility index (Phi) is 2.02. The summed E-state index contributed by atoms with van der Waals surface area (Å²) in [6.45, 7) is 0. The molecule has 0 aromatic heterocycles. The number of phenolic OH excluding ortho intramolecular Hbond substituents is 1. The van der Waals surface area contributed by atoms with Crippen molar-refractivity contribution >= 4 is 15.9 Å². The average Bonchev–Trinajstić information content (AvgIpc) is 2.88. The molecule has 1 aromatic rings. The van der Waals surface area contributed by atoms with E-state index in [9.17, 15) is 5.11 Å². The third-order valence-electron chi connectivity index (χ3n) is 2.52. The van der Waals surface area contributed by atoms with Crippen LogP contribution in [0.15, 0.2) is 16.6 Å². The van der Waals surface area contributed by atoms with Crippen LogP contribution in [0.1, 0.15) is 24.0 Å².